The second kappa shape index (κ2) is 7.77. The van der Waals surface area contributed by atoms with Crippen LogP contribution in [0.1, 0.15) is 31.6 Å². The van der Waals surface area contributed by atoms with E-state index in [1.165, 1.54) is 0 Å². The van der Waals surface area contributed by atoms with Gasteiger partial charge in [0, 0.05) is 23.6 Å². The molecule has 1 fully saturated rings. The topological polar surface area (TPSA) is 79.5 Å². The van der Waals surface area contributed by atoms with E-state index in [4.69, 9.17) is 21.2 Å². The summed E-state index contributed by atoms with van der Waals surface area (Å²) < 4.78 is 5.36. The van der Waals surface area contributed by atoms with Crippen LogP contribution in [0.4, 0.5) is 0 Å². The molecule has 1 aliphatic rings. The van der Waals surface area contributed by atoms with Crippen LogP contribution in [0.25, 0.3) is 11.4 Å². The lowest BCUT2D eigenvalue weighted by atomic mass is 9.93. The molecule has 0 aliphatic carbocycles. The Morgan fingerprint density at radius 2 is 2.17 bits per heavy atom. The molecule has 128 valence electrons. The fourth-order valence-electron chi connectivity index (χ4n) is 3.08. The largest absolute Gasteiger partial charge is 0.481 e. The van der Waals surface area contributed by atoms with Gasteiger partial charge in [-0.2, -0.15) is 4.98 Å². The van der Waals surface area contributed by atoms with Gasteiger partial charge in [-0.05, 0) is 56.0 Å². The average Bonchev–Trinajstić information content (AvgIpc) is 3.02. The molecule has 1 saturated heterocycles. The smallest absolute Gasteiger partial charge is 0.303 e. The molecular weight excluding hydrogens is 330 g/mol. The van der Waals surface area contributed by atoms with Gasteiger partial charge in [0.1, 0.15) is 0 Å². The van der Waals surface area contributed by atoms with E-state index in [1.807, 2.05) is 12.1 Å². The number of carboxylic acids is 1. The van der Waals surface area contributed by atoms with Crippen molar-refractivity contribution in [2.75, 3.05) is 13.1 Å². The summed E-state index contributed by atoms with van der Waals surface area (Å²) in [5, 5.41) is 13.5. The van der Waals surface area contributed by atoms with Gasteiger partial charge in [-0.25, -0.2) is 0 Å². The van der Waals surface area contributed by atoms with Crippen LogP contribution < -0.4 is 0 Å². The summed E-state index contributed by atoms with van der Waals surface area (Å²) >= 11 is 5.88. The zero-order valence-corrected chi connectivity index (χ0v) is 14.1. The molecule has 0 saturated carbocycles. The van der Waals surface area contributed by atoms with Gasteiger partial charge in [0.05, 0.1) is 6.54 Å². The highest BCUT2D eigenvalue weighted by Gasteiger charge is 2.22. The Hall–Kier alpha value is -1.92. The lowest BCUT2D eigenvalue weighted by Gasteiger charge is -2.31. The fraction of sp³-hybridized carbons (Fsp3) is 0.471. The maximum absolute atomic E-state index is 10.7. The maximum atomic E-state index is 10.7. The first-order valence-corrected chi connectivity index (χ1v) is 8.50. The Morgan fingerprint density at radius 3 is 2.92 bits per heavy atom. The molecule has 2 heterocycles. The number of likely N-dealkylation sites (tertiary alicyclic amines) is 1. The van der Waals surface area contributed by atoms with E-state index >= 15 is 0 Å². The van der Waals surface area contributed by atoms with E-state index in [9.17, 15) is 4.79 Å². The Kier molecular flexibility index (Phi) is 5.48. The summed E-state index contributed by atoms with van der Waals surface area (Å²) in [5.41, 5.74) is 0.868. The van der Waals surface area contributed by atoms with Gasteiger partial charge >= 0.3 is 5.97 Å². The minimum atomic E-state index is -0.725. The standard InChI is InChI=1S/C17H20ClN3O3/c18-14-6-4-13(5-7-14)17-19-15(24-20-17)11-21-9-1-2-12(10-21)3-8-16(22)23/h4-7,12H,1-3,8-11H2,(H,22,23). The van der Waals surface area contributed by atoms with Crippen LogP contribution in [0.15, 0.2) is 28.8 Å². The normalized spacial score (nSPS) is 18.6. The Bertz CT molecular complexity index is 687. The van der Waals surface area contributed by atoms with E-state index in [2.05, 4.69) is 15.0 Å². The summed E-state index contributed by atoms with van der Waals surface area (Å²) in [5.74, 6) is 0.838. The van der Waals surface area contributed by atoms with Crippen molar-refractivity contribution in [2.45, 2.75) is 32.2 Å². The summed E-state index contributed by atoms with van der Waals surface area (Å²) in [7, 11) is 0. The minimum Gasteiger partial charge on any atom is -0.481 e. The third kappa shape index (κ3) is 4.55. The fourth-order valence-corrected chi connectivity index (χ4v) is 3.21. The monoisotopic (exact) mass is 349 g/mol. The zero-order valence-electron chi connectivity index (χ0n) is 13.3. The average molecular weight is 350 g/mol. The Morgan fingerprint density at radius 1 is 1.38 bits per heavy atom. The SMILES string of the molecule is O=C(O)CCC1CCCN(Cc2nc(-c3ccc(Cl)cc3)no2)C1. The van der Waals surface area contributed by atoms with Gasteiger partial charge in [-0.3, -0.25) is 9.69 Å². The molecule has 2 aromatic rings. The molecule has 1 atom stereocenters. The van der Waals surface area contributed by atoms with Gasteiger partial charge in [0.15, 0.2) is 0 Å². The third-order valence-electron chi connectivity index (χ3n) is 4.30. The van der Waals surface area contributed by atoms with E-state index in [0.29, 0.717) is 29.2 Å². The van der Waals surface area contributed by atoms with Crippen LogP contribution in [0, 0.1) is 5.92 Å². The lowest BCUT2D eigenvalue weighted by Crippen LogP contribution is -2.35. The maximum Gasteiger partial charge on any atom is 0.303 e. The molecule has 24 heavy (non-hydrogen) atoms. The number of aliphatic carboxylic acids is 1. The van der Waals surface area contributed by atoms with Crippen molar-refractivity contribution >= 4 is 17.6 Å². The van der Waals surface area contributed by atoms with Crippen LogP contribution in [0.2, 0.25) is 5.02 Å². The first kappa shape index (κ1) is 16.9. The van der Waals surface area contributed by atoms with Crippen molar-refractivity contribution in [3.05, 3.63) is 35.2 Å². The summed E-state index contributed by atoms with van der Waals surface area (Å²) in [4.78, 5) is 17.4. The first-order chi connectivity index (χ1) is 11.6. The lowest BCUT2D eigenvalue weighted by molar-refractivity contribution is -0.137. The Balaban J connectivity index is 1.58. The van der Waals surface area contributed by atoms with E-state index < -0.39 is 5.97 Å². The summed E-state index contributed by atoms with van der Waals surface area (Å²) in [6.07, 6.45) is 3.12. The van der Waals surface area contributed by atoms with Gasteiger partial charge in [0.25, 0.3) is 0 Å². The third-order valence-corrected chi connectivity index (χ3v) is 4.55. The molecule has 0 bridgehead atoms. The number of nitrogens with zero attached hydrogens (tertiary/aromatic N) is 3. The molecule has 7 heteroatoms. The molecule has 1 unspecified atom stereocenters. The number of carbonyl (C=O) groups is 1. The Labute approximate surface area is 145 Å². The molecule has 1 N–H and O–H groups in total. The summed E-state index contributed by atoms with van der Waals surface area (Å²) in [6, 6.07) is 7.31. The van der Waals surface area contributed by atoms with Gasteiger partial charge < -0.3 is 9.63 Å². The number of rotatable bonds is 6. The second-order valence-electron chi connectivity index (χ2n) is 6.19. The molecule has 1 aromatic heterocycles. The predicted molar refractivity (Wildman–Crippen MR) is 89.6 cm³/mol. The van der Waals surface area contributed by atoms with Crippen molar-refractivity contribution < 1.29 is 14.4 Å². The number of hydrogen-bond donors (Lipinski definition) is 1. The van der Waals surface area contributed by atoms with Crippen molar-refractivity contribution in [1.82, 2.24) is 15.0 Å². The molecular formula is C17H20ClN3O3. The highest BCUT2D eigenvalue weighted by molar-refractivity contribution is 6.30. The number of hydrogen-bond acceptors (Lipinski definition) is 5. The zero-order chi connectivity index (χ0) is 16.9. The summed E-state index contributed by atoms with van der Waals surface area (Å²) in [6.45, 7) is 2.46. The van der Waals surface area contributed by atoms with Crippen molar-refractivity contribution in [3.8, 4) is 11.4 Å². The van der Waals surface area contributed by atoms with E-state index in [-0.39, 0.29) is 6.42 Å². The molecule has 0 amide bonds. The van der Waals surface area contributed by atoms with Gasteiger partial charge in [-0.1, -0.05) is 16.8 Å². The predicted octanol–water partition coefficient (Wildman–Crippen LogP) is 3.47. The van der Waals surface area contributed by atoms with Crippen LogP contribution in [-0.4, -0.2) is 39.2 Å². The molecule has 0 radical (unpaired) electrons. The highest BCUT2D eigenvalue weighted by atomic mass is 35.5. The van der Waals surface area contributed by atoms with Gasteiger partial charge in [0.2, 0.25) is 11.7 Å². The number of benzene rings is 1. The van der Waals surface area contributed by atoms with Crippen molar-refractivity contribution in [2.24, 2.45) is 5.92 Å². The van der Waals surface area contributed by atoms with Crippen LogP contribution >= 0.6 is 11.6 Å². The van der Waals surface area contributed by atoms with Crippen LogP contribution in [0.3, 0.4) is 0 Å². The number of halogens is 1. The number of aromatic nitrogens is 2. The quantitative estimate of drug-likeness (QED) is 0.860. The minimum absolute atomic E-state index is 0.236. The number of carboxylic acid groups (broad SMARTS) is 1. The molecule has 1 aromatic carbocycles. The van der Waals surface area contributed by atoms with Crippen molar-refractivity contribution in [1.29, 1.82) is 0 Å². The molecule has 6 nitrogen and oxygen atoms in total. The second-order valence-corrected chi connectivity index (χ2v) is 6.63. The molecule has 1 aliphatic heterocycles. The van der Waals surface area contributed by atoms with Crippen LogP contribution in [0.5, 0.6) is 0 Å². The number of piperidine rings is 1. The molecule has 0 spiro atoms. The first-order valence-electron chi connectivity index (χ1n) is 8.13. The van der Waals surface area contributed by atoms with E-state index in [1.54, 1.807) is 12.1 Å². The van der Waals surface area contributed by atoms with Crippen molar-refractivity contribution in [3.63, 3.8) is 0 Å². The van der Waals surface area contributed by atoms with Crippen LogP contribution in [-0.2, 0) is 11.3 Å². The molecule has 3 rings (SSSR count). The van der Waals surface area contributed by atoms with Gasteiger partial charge in [-0.15, -0.1) is 0 Å². The highest BCUT2D eigenvalue weighted by Crippen LogP contribution is 2.23. The van der Waals surface area contributed by atoms with E-state index in [0.717, 1.165) is 37.9 Å².